The average molecular weight is 312 g/mol. The Morgan fingerprint density at radius 1 is 1.26 bits per heavy atom. The Morgan fingerprint density at radius 3 is 2.74 bits per heavy atom. The summed E-state index contributed by atoms with van der Waals surface area (Å²) in [6, 6.07) is 10.5. The highest BCUT2D eigenvalue weighted by atomic mass is 16.1. The van der Waals surface area contributed by atoms with E-state index in [1.165, 1.54) is 5.56 Å². The molecule has 0 radical (unpaired) electrons. The number of carbonyl (C=O) groups excluding carboxylic acids is 1. The first-order valence-corrected chi connectivity index (χ1v) is 8.32. The molecule has 2 aromatic rings. The van der Waals surface area contributed by atoms with Crippen LogP contribution in [0.5, 0.6) is 0 Å². The maximum atomic E-state index is 12.2. The van der Waals surface area contributed by atoms with E-state index in [2.05, 4.69) is 44.5 Å². The number of hydrogen-bond donors (Lipinski definition) is 2. The van der Waals surface area contributed by atoms with Gasteiger partial charge in [0.05, 0.1) is 6.33 Å². The molecule has 1 aliphatic rings. The van der Waals surface area contributed by atoms with Crippen molar-refractivity contribution in [3.63, 3.8) is 0 Å². The molecule has 122 valence electrons. The third kappa shape index (κ3) is 4.66. The van der Waals surface area contributed by atoms with Gasteiger partial charge >= 0.3 is 0 Å². The number of nitrogens with zero attached hydrogens (tertiary/aromatic N) is 2. The van der Waals surface area contributed by atoms with Gasteiger partial charge in [0.25, 0.3) is 0 Å². The minimum atomic E-state index is 0.156. The van der Waals surface area contributed by atoms with Gasteiger partial charge in [0, 0.05) is 37.3 Å². The van der Waals surface area contributed by atoms with Crippen LogP contribution in [0.15, 0.2) is 42.9 Å². The van der Waals surface area contributed by atoms with Gasteiger partial charge in [0.2, 0.25) is 5.91 Å². The van der Waals surface area contributed by atoms with E-state index in [0.29, 0.717) is 6.54 Å². The molecule has 1 aromatic heterocycles. The topological polar surface area (TPSA) is 61.0 Å². The van der Waals surface area contributed by atoms with Gasteiger partial charge in [-0.25, -0.2) is 4.98 Å². The molecule has 1 aliphatic heterocycles. The molecule has 1 aromatic carbocycles. The summed E-state index contributed by atoms with van der Waals surface area (Å²) in [5.41, 5.74) is 2.40. The summed E-state index contributed by atoms with van der Waals surface area (Å²) in [6.45, 7) is 3.64. The van der Waals surface area contributed by atoms with Crippen molar-refractivity contribution in [2.45, 2.75) is 25.8 Å². The van der Waals surface area contributed by atoms with Crippen molar-refractivity contribution >= 4 is 5.91 Å². The molecule has 1 saturated heterocycles. The van der Waals surface area contributed by atoms with Gasteiger partial charge in [-0.2, -0.15) is 0 Å². The predicted molar refractivity (Wildman–Crippen MR) is 89.7 cm³/mol. The monoisotopic (exact) mass is 312 g/mol. The first-order valence-electron chi connectivity index (χ1n) is 8.32. The quantitative estimate of drug-likeness (QED) is 0.857. The number of likely N-dealkylation sites (tertiary alicyclic amines) is 1. The zero-order valence-electron chi connectivity index (χ0n) is 13.4. The summed E-state index contributed by atoms with van der Waals surface area (Å²) in [4.78, 5) is 21.7. The van der Waals surface area contributed by atoms with Crippen LogP contribution in [0, 0.1) is 5.92 Å². The van der Waals surface area contributed by atoms with E-state index in [1.807, 2.05) is 6.07 Å². The van der Waals surface area contributed by atoms with Crippen molar-refractivity contribution < 1.29 is 4.79 Å². The standard InChI is InChI=1S/C18H24N4O/c23-18(20-9-6-17-12-19-14-21-17)16-7-10-22(11-8-16)13-15-4-2-1-3-5-15/h1-5,12,14,16H,6-11,13H2,(H,19,21)(H,20,23). The maximum Gasteiger partial charge on any atom is 0.223 e. The largest absolute Gasteiger partial charge is 0.355 e. The Balaban J connectivity index is 1.37. The Hall–Kier alpha value is -2.14. The molecular formula is C18H24N4O. The van der Waals surface area contributed by atoms with Crippen LogP contribution in [0.3, 0.4) is 0 Å². The molecular weight excluding hydrogens is 288 g/mol. The van der Waals surface area contributed by atoms with Gasteiger partial charge in [-0.05, 0) is 31.5 Å². The number of rotatable bonds is 6. The number of imidazole rings is 1. The number of piperidine rings is 1. The molecule has 0 unspecified atom stereocenters. The van der Waals surface area contributed by atoms with Crippen molar-refractivity contribution in [1.29, 1.82) is 0 Å². The lowest BCUT2D eigenvalue weighted by atomic mass is 9.95. The molecule has 5 heteroatoms. The fraction of sp³-hybridized carbons (Fsp3) is 0.444. The van der Waals surface area contributed by atoms with Crippen LogP contribution in [-0.2, 0) is 17.8 Å². The minimum Gasteiger partial charge on any atom is -0.355 e. The highest BCUT2D eigenvalue weighted by Gasteiger charge is 2.24. The first kappa shape index (κ1) is 15.7. The molecule has 2 N–H and O–H groups in total. The SMILES string of the molecule is O=C(NCCc1cnc[nH]1)C1CCN(Cc2ccccc2)CC1. The number of amides is 1. The molecule has 5 nitrogen and oxygen atoms in total. The van der Waals surface area contributed by atoms with Crippen LogP contribution in [0.1, 0.15) is 24.1 Å². The van der Waals surface area contributed by atoms with Crippen LogP contribution in [-0.4, -0.2) is 40.4 Å². The summed E-state index contributed by atoms with van der Waals surface area (Å²) >= 11 is 0. The molecule has 1 amide bonds. The van der Waals surface area contributed by atoms with E-state index < -0.39 is 0 Å². The number of H-pyrrole nitrogens is 1. The lowest BCUT2D eigenvalue weighted by Gasteiger charge is -2.31. The molecule has 3 rings (SSSR count). The number of aromatic amines is 1. The third-order valence-corrected chi connectivity index (χ3v) is 4.46. The lowest BCUT2D eigenvalue weighted by Crippen LogP contribution is -2.40. The maximum absolute atomic E-state index is 12.2. The Labute approximate surface area is 137 Å². The first-order chi connectivity index (χ1) is 11.3. The van der Waals surface area contributed by atoms with E-state index >= 15 is 0 Å². The Morgan fingerprint density at radius 2 is 2.04 bits per heavy atom. The zero-order valence-corrected chi connectivity index (χ0v) is 13.4. The number of nitrogens with one attached hydrogen (secondary N) is 2. The number of benzene rings is 1. The van der Waals surface area contributed by atoms with Crippen molar-refractivity contribution in [3.8, 4) is 0 Å². The van der Waals surface area contributed by atoms with Crippen molar-refractivity contribution in [3.05, 3.63) is 54.1 Å². The van der Waals surface area contributed by atoms with Gasteiger partial charge < -0.3 is 10.3 Å². The number of aromatic nitrogens is 2. The van der Waals surface area contributed by atoms with Gasteiger partial charge in [0.15, 0.2) is 0 Å². The third-order valence-electron chi connectivity index (χ3n) is 4.46. The van der Waals surface area contributed by atoms with Crippen LogP contribution in [0.4, 0.5) is 0 Å². The normalized spacial score (nSPS) is 16.3. The Bertz CT molecular complexity index is 589. The molecule has 0 spiro atoms. The van der Waals surface area contributed by atoms with Crippen molar-refractivity contribution in [2.75, 3.05) is 19.6 Å². The number of carbonyl (C=O) groups is 1. The van der Waals surface area contributed by atoms with Crippen LogP contribution in [0.2, 0.25) is 0 Å². The molecule has 0 atom stereocenters. The zero-order chi connectivity index (χ0) is 15.9. The highest BCUT2D eigenvalue weighted by molar-refractivity contribution is 5.78. The molecule has 0 saturated carbocycles. The van der Waals surface area contributed by atoms with Gasteiger partial charge in [-0.3, -0.25) is 9.69 Å². The molecule has 23 heavy (non-hydrogen) atoms. The summed E-state index contributed by atoms with van der Waals surface area (Å²) in [5.74, 6) is 0.354. The van der Waals surface area contributed by atoms with Gasteiger partial charge in [0.1, 0.15) is 0 Å². The second kappa shape index (κ2) is 7.92. The molecule has 1 fully saturated rings. The van der Waals surface area contributed by atoms with Gasteiger partial charge in [-0.1, -0.05) is 30.3 Å². The minimum absolute atomic E-state index is 0.156. The predicted octanol–water partition coefficient (Wildman–Crippen LogP) is 1.98. The molecule has 2 heterocycles. The Kier molecular flexibility index (Phi) is 5.42. The molecule has 0 bridgehead atoms. The van der Waals surface area contributed by atoms with Crippen LogP contribution < -0.4 is 5.32 Å². The van der Waals surface area contributed by atoms with E-state index in [-0.39, 0.29) is 11.8 Å². The number of hydrogen-bond acceptors (Lipinski definition) is 3. The average Bonchev–Trinajstić information content (AvgIpc) is 3.10. The van der Waals surface area contributed by atoms with E-state index in [1.54, 1.807) is 12.5 Å². The fourth-order valence-electron chi connectivity index (χ4n) is 3.08. The summed E-state index contributed by atoms with van der Waals surface area (Å²) in [6.07, 6.45) is 6.16. The van der Waals surface area contributed by atoms with Crippen LogP contribution >= 0.6 is 0 Å². The van der Waals surface area contributed by atoms with Gasteiger partial charge in [-0.15, -0.1) is 0 Å². The van der Waals surface area contributed by atoms with E-state index in [0.717, 1.165) is 44.6 Å². The van der Waals surface area contributed by atoms with E-state index in [4.69, 9.17) is 0 Å². The summed E-state index contributed by atoms with van der Waals surface area (Å²) in [7, 11) is 0. The smallest absolute Gasteiger partial charge is 0.223 e. The summed E-state index contributed by atoms with van der Waals surface area (Å²) in [5, 5.41) is 3.05. The van der Waals surface area contributed by atoms with Crippen molar-refractivity contribution in [1.82, 2.24) is 20.2 Å². The van der Waals surface area contributed by atoms with Crippen LogP contribution in [0.25, 0.3) is 0 Å². The lowest BCUT2D eigenvalue weighted by molar-refractivity contribution is -0.126. The second-order valence-electron chi connectivity index (χ2n) is 6.15. The molecule has 0 aliphatic carbocycles. The van der Waals surface area contributed by atoms with E-state index in [9.17, 15) is 4.79 Å². The summed E-state index contributed by atoms with van der Waals surface area (Å²) < 4.78 is 0. The fourth-order valence-corrected chi connectivity index (χ4v) is 3.08. The second-order valence-corrected chi connectivity index (χ2v) is 6.15. The van der Waals surface area contributed by atoms with Crippen molar-refractivity contribution in [2.24, 2.45) is 5.92 Å². The highest BCUT2D eigenvalue weighted by Crippen LogP contribution is 2.19.